The Labute approximate surface area is 152 Å². The van der Waals surface area contributed by atoms with Gasteiger partial charge in [-0.15, -0.1) is 0 Å². The lowest BCUT2D eigenvalue weighted by Crippen LogP contribution is -2.40. The summed E-state index contributed by atoms with van der Waals surface area (Å²) >= 11 is 0. The maximum atomic E-state index is 12.2. The van der Waals surface area contributed by atoms with E-state index < -0.39 is 9.84 Å². The van der Waals surface area contributed by atoms with Crippen molar-refractivity contribution in [3.05, 3.63) is 30.3 Å². The summed E-state index contributed by atoms with van der Waals surface area (Å²) in [4.78, 5) is 4.52. The summed E-state index contributed by atoms with van der Waals surface area (Å²) in [7, 11) is -1.54. The van der Waals surface area contributed by atoms with Crippen molar-refractivity contribution < 1.29 is 8.42 Å². The molecule has 0 saturated heterocycles. The van der Waals surface area contributed by atoms with Gasteiger partial charge in [-0.05, 0) is 24.5 Å². The van der Waals surface area contributed by atoms with Crippen molar-refractivity contribution in [3.63, 3.8) is 0 Å². The average Bonchev–Trinajstić information content (AvgIpc) is 3.14. The Morgan fingerprint density at radius 3 is 2.44 bits per heavy atom. The lowest BCUT2D eigenvalue weighted by Gasteiger charge is -2.13. The molecule has 0 bridgehead atoms. The molecule has 1 fully saturated rings. The van der Waals surface area contributed by atoms with Crippen molar-refractivity contribution in [1.29, 1.82) is 0 Å². The van der Waals surface area contributed by atoms with Crippen LogP contribution >= 0.6 is 0 Å². The number of rotatable bonds is 9. The average molecular weight is 366 g/mol. The number of aliphatic imine (C=N–C) groups is 1. The summed E-state index contributed by atoms with van der Waals surface area (Å²) in [6.07, 6.45) is 9.34. The number of nitrogens with zero attached hydrogens (tertiary/aromatic N) is 1. The lowest BCUT2D eigenvalue weighted by atomic mass is 10.0. The van der Waals surface area contributed by atoms with E-state index in [9.17, 15) is 8.42 Å². The predicted octanol–water partition coefficient (Wildman–Crippen LogP) is 2.99. The van der Waals surface area contributed by atoms with Gasteiger partial charge < -0.3 is 10.6 Å². The van der Waals surface area contributed by atoms with Crippen LogP contribution in [0.2, 0.25) is 0 Å². The van der Waals surface area contributed by atoms with Gasteiger partial charge in [-0.1, -0.05) is 56.7 Å². The second-order valence-electron chi connectivity index (χ2n) is 6.70. The summed E-state index contributed by atoms with van der Waals surface area (Å²) in [5.41, 5.74) is 0. The van der Waals surface area contributed by atoms with Crippen LogP contribution in [0.4, 0.5) is 0 Å². The van der Waals surface area contributed by atoms with E-state index in [1.54, 1.807) is 31.3 Å². The fourth-order valence-corrected chi connectivity index (χ4v) is 4.51. The fraction of sp³-hybridized carbons (Fsp3) is 0.632. The molecular formula is C19H31N3O2S. The van der Waals surface area contributed by atoms with Gasteiger partial charge in [0.2, 0.25) is 0 Å². The minimum atomic E-state index is -3.25. The SMILES string of the molecule is CN=C(NCCCCC1CCCC1)NCCS(=O)(=O)c1ccccc1. The molecule has 0 radical (unpaired) electrons. The molecule has 1 aliphatic rings. The summed E-state index contributed by atoms with van der Waals surface area (Å²) in [6, 6.07) is 8.56. The van der Waals surface area contributed by atoms with E-state index in [1.165, 1.54) is 38.5 Å². The van der Waals surface area contributed by atoms with Crippen LogP contribution in [-0.4, -0.2) is 40.3 Å². The zero-order chi connectivity index (χ0) is 18.0. The Balaban J connectivity index is 1.61. The van der Waals surface area contributed by atoms with Crippen molar-refractivity contribution in [1.82, 2.24) is 10.6 Å². The van der Waals surface area contributed by atoms with Gasteiger partial charge in [0, 0.05) is 20.1 Å². The maximum absolute atomic E-state index is 12.2. The van der Waals surface area contributed by atoms with Gasteiger partial charge in [-0.2, -0.15) is 0 Å². The highest BCUT2D eigenvalue weighted by atomic mass is 32.2. The Morgan fingerprint density at radius 1 is 1.08 bits per heavy atom. The number of unbranched alkanes of at least 4 members (excludes halogenated alkanes) is 1. The second kappa shape index (κ2) is 10.4. The van der Waals surface area contributed by atoms with Crippen LogP contribution in [0.5, 0.6) is 0 Å². The number of guanidine groups is 1. The van der Waals surface area contributed by atoms with E-state index in [0.29, 0.717) is 17.4 Å². The van der Waals surface area contributed by atoms with Gasteiger partial charge in [0.1, 0.15) is 0 Å². The molecule has 1 aliphatic carbocycles. The van der Waals surface area contributed by atoms with Crippen molar-refractivity contribution in [3.8, 4) is 0 Å². The van der Waals surface area contributed by atoms with Gasteiger partial charge in [-0.25, -0.2) is 8.42 Å². The molecule has 0 amide bonds. The second-order valence-corrected chi connectivity index (χ2v) is 8.81. The van der Waals surface area contributed by atoms with Crippen molar-refractivity contribution in [2.75, 3.05) is 25.9 Å². The highest BCUT2D eigenvalue weighted by molar-refractivity contribution is 7.91. The van der Waals surface area contributed by atoms with Crippen LogP contribution in [0.1, 0.15) is 44.9 Å². The molecular weight excluding hydrogens is 334 g/mol. The molecule has 0 spiro atoms. The van der Waals surface area contributed by atoms with E-state index in [4.69, 9.17) is 0 Å². The summed E-state index contributed by atoms with van der Waals surface area (Å²) in [5.74, 6) is 1.67. The molecule has 1 saturated carbocycles. The summed E-state index contributed by atoms with van der Waals surface area (Å²) < 4.78 is 24.5. The van der Waals surface area contributed by atoms with Crippen LogP contribution < -0.4 is 10.6 Å². The zero-order valence-electron chi connectivity index (χ0n) is 15.2. The molecule has 0 heterocycles. The fourth-order valence-electron chi connectivity index (χ4n) is 3.33. The highest BCUT2D eigenvalue weighted by Gasteiger charge is 2.14. The molecule has 0 aromatic heterocycles. The smallest absolute Gasteiger partial charge is 0.191 e. The van der Waals surface area contributed by atoms with Gasteiger partial charge >= 0.3 is 0 Å². The van der Waals surface area contributed by atoms with E-state index in [-0.39, 0.29) is 5.75 Å². The molecule has 140 valence electrons. The molecule has 25 heavy (non-hydrogen) atoms. The standard InChI is InChI=1S/C19H31N3O2S/c1-20-19(21-14-8-7-11-17-9-5-6-10-17)22-15-16-25(23,24)18-12-3-2-4-13-18/h2-4,12-13,17H,5-11,14-16H2,1H3,(H2,20,21,22). The Bertz CT molecular complexity index is 623. The third kappa shape index (κ3) is 7.06. The monoisotopic (exact) mass is 365 g/mol. The van der Waals surface area contributed by atoms with Crippen molar-refractivity contribution in [2.24, 2.45) is 10.9 Å². The van der Waals surface area contributed by atoms with Crippen molar-refractivity contribution in [2.45, 2.75) is 49.8 Å². The lowest BCUT2D eigenvalue weighted by molar-refractivity contribution is 0.472. The minimum absolute atomic E-state index is 0.0550. The number of nitrogens with one attached hydrogen (secondary N) is 2. The predicted molar refractivity (Wildman–Crippen MR) is 104 cm³/mol. The Kier molecular flexibility index (Phi) is 8.25. The largest absolute Gasteiger partial charge is 0.356 e. The van der Waals surface area contributed by atoms with Crippen LogP contribution in [0, 0.1) is 5.92 Å². The molecule has 5 nitrogen and oxygen atoms in total. The molecule has 0 unspecified atom stereocenters. The van der Waals surface area contributed by atoms with Gasteiger partial charge in [0.15, 0.2) is 15.8 Å². The molecule has 6 heteroatoms. The van der Waals surface area contributed by atoms with Crippen LogP contribution in [-0.2, 0) is 9.84 Å². The van der Waals surface area contributed by atoms with Gasteiger partial charge in [-0.3, -0.25) is 4.99 Å². The van der Waals surface area contributed by atoms with E-state index in [1.807, 2.05) is 6.07 Å². The molecule has 1 aromatic carbocycles. The maximum Gasteiger partial charge on any atom is 0.191 e. The quantitative estimate of drug-likeness (QED) is 0.401. The first-order valence-electron chi connectivity index (χ1n) is 9.34. The number of hydrogen-bond donors (Lipinski definition) is 2. The molecule has 0 atom stereocenters. The summed E-state index contributed by atoms with van der Waals surface area (Å²) in [6.45, 7) is 1.22. The van der Waals surface area contributed by atoms with E-state index in [2.05, 4.69) is 15.6 Å². The van der Waals surface area contributed by atoms with E-state index in [0.717, 1.165) is 18.9 Å². The molecule has 1 aromatic rings. The van der Waals surface area contributed by atoms with Gasteiger partial charge in [0.25, 0.3) is 0 Å². The zero-order valence-corrected chi connectivity index (χ0v) is 16.0. The topological polar surface area (TPSA) is 70.6 Å². The van der Waals surface area contributed by atoms with Crippen LogP contribution in [0.15, 0.2) is 40.2 Å². The third-order valence-electron chi connectivity index (χ3n) is 4.80. The summed E-state index contributed by atoms with van der Waals surface area (Å²) in [5, 5.41) is 6.35. The normalized spacial score (nSPS) is 16.1. The number of benzene rings is 1. The highest BCUT2D eigenvalue weighted by Crippen LogP contribution is 2.28. The van der Waals surface area contributed by atoms with Crippen molar-refractivity contribution >= 4 is 15.8 Å². The molecule has 2 rings (SSSR count). The first-order valence-corrected chi connectivity index (χ1v) is 11.0. The Morgan fingerprint density at radius 2 is 1.76 bits per heavy atom. The number of sulfone groups is 1. The first kappa shape index (κ1) is 19.8. The number of hydrogen-bond acceptors (Lipinski definition) is 3. The molecule has 2 N–H and O–H groups in total. The Hall–Kier alpha value is -1.56. The van der Waals surface area contributed by atoms with Gasteiger partial charge in [0.05, 0.1) is 10.6 Å². The first-order chi connectivity index (χ1) is 12.1. The van der Waals surface area contributed by atoms with E-state index >= 15 is 0 Å². The van der Waals surface area contributed by atoms with Crippen LogP contribution in [0.25, 0.3) is 0 Å². The molecule has 0 aliphatic heterocycles. The minimum Gasteiger partial charge on any atom is -0.356 e. The van der Waals surface area contributed by atoms with Crippen LogP contribution in [0.3, 0.4) is 0 Å². The third-order valence-corrected chi connectivity index (χ3v) is 6.53.